The Bertz CT molecular complexity index is 2500. The lowest BCUT2D eigenvalue weighted by atomic mass is 9.65. The highest BCUT2D eigenvalue weighted by Crippen LogP contribution is 2.66. The molecule has 0 saturated carbocycles. The number of carboxylic acid groups (broad SMARTS) is 1. The third kappa shape index (κ3) is 7.63. The molecule has 2 saturated heterocycles. The first-order valence-electron chi connectivity index (χ1n) is 21.2. The van der Waals surface area contributed by atoms with Gasteiger partial charge >= 0.3 is 23.9 Å². The molecule has 3 heterocycles. The Morgan fingerprint density at radius 2 is 1.59 bits per heavy atom. The number of nitrogens with one attached hydrogen (secondary N) is 1. The summed E-state index contributed by atoms with van der Waals surface area (Å²) in [4.78, 5) is 75.7. The number of amides is 3. The van der Waals surface area contributed by atoms with Gasteiger partial charge in [-0.1, -0.05) is 105 Å². The molecule has 2 fully saturated rings. The van der Waals surface area contributed by atoms with Gasteiger partial charge in [-0.25, -0.2) is 14.5 Å². The first-order chi connectivity index (χ1) is 30.5. The van der Waals surface area contributed by atoms with E-state index in [9.17, 15) is 29.4 Å². The maximum absolute atomic E-state index is 16.1. The van der Waals surface area contributed by atoms with E-state index in [-0.39, 0.29) is 24.5 Å². The van der Waals surface area contributed by atoms with E-state index in [2.05, 4.69) is 23.2 Å². The monoisotopic (exact) mass is 851 g/mol. The normalized spacial score (nSPS) is 24.4. The number of carbonyl (C=O) groups excluding carboxylic acids is 4. The first kappa shape index (κ1) is 42.9. The molecular weight excluding hydrogens is 803 g/mol. The minimum atomic E-state index is -2.19. The number of allylic oxidation sites excluding steroid dienone is 2. The Morgan fingerprint density at radius 3 is 2.21 bits per heavy atom. The molecule has 0 aromatic heterocycles. The fourth-order valence-corrected chi connectivity index (χ4v) is 9.80. The number of imide groups is 1. The number of cyclic esters (lactones) is 1. The summed E-state index contributed by atoms with van der Waals surface area (Å²) < 4.78 is 17.1. The van der Waals surface area contributed by atoms with Gasteiger partial charge < -0.3 is 29.7 Å². The maximum atomic E-state index is 16.1. The molecule has 0 bridgehead atoms. The minimum Gasteiger partial charge on any atom is -0.491 e. The van der Waals surface area contributed by atoms with Gasteiger partial charge in [-0.2, -0.15) is 0 Å². The first-order valence-corrected chi connectivity index (χ1v) is 21.2. The highest BCUT2D eigenvalue weighted by Gasteiger charge is 2.76. The second-order valence-corrected chi connectivity index (χ2v) is 16.5. The smallest absolute Gasteiger partial charge is 0.329 e. The van der Waals surface area contributed by atoms with Crippen LogP contribution in [0, 0.1) is 23.7 Å². The molecule has 3 amide bonds. The van der Waals surface area contributed by atoms with Crippen molar-refractivity contribution in [2.24, 2.45) is 11.8 Å². The number of rotatable bonds is 10. The molecule has 13 heteroatoms. The number of aliphatic hydroxyl groups excluding tert-OH is 1. The van der Waals surface area contributed by atoms with E-state index >= 15 is 4.79 Å². The highest BCUT2D eigenvalue weighted by molar-refractivity contribution is 6.24. The van der Waals surface area contributed by atoms with Gasteiger partial charge in [-0.05, 0) is 89.8 Å². The number of morpholine rings is 1. The Balaban J connectivity index is 1.42. The molecule has 0 radical (unpaired) electrons. The number of anilines is 1. The molecule has 7 atom stereocenters. The summed E-state index contributed by atoms with van der Waals surface area (Å²) in [5.74, 6) is 0.683. The average molecular weight is 852 g/mol. The lowest BCUT2D eigenvalue weighted by molar-refractivity contribution is -0.179. The lowest BCUT2D eigenvalue weighted by Gasteiger charge is -2.46. The standard InChI is InChI=1S/C50H49N3O10/c1-30(2)40(46(57)61-3)51-49(60)52-38-26-21-32(20-19-31-13-7-4-8-14-31)29-37(38)50(48(52)59)39(45(55)56)42-47(58)63-43(34-17-11-6-12-18-34)41(33-15-9-5-10-16-33)53(42)44(50)35-22-24-36(25-23-35)62-28-27-54/h5-6,9-13,15-18,21-26,29-30,39-44,54H,4,7-8,14,27-28H2,1-3H3,(H,51,60)(H,55,56)/t39-,40-,41-,42-,43+,44+,50-/m0/s1. The maximum Gasteiger partial charge on any atom is 0.329 e. The molecule has 3 N–H and O–H groups in total. The third-order valence-electron chi connectivity index (χ3n) is 12.5. The van der Waals surface area contributed by atoms with Crippen LogP contribution in [0.1, 0.15) is 85.5 Å². The van der Waals surface area contributed by atoms with Crippen molar-refractivity contribution in [3.05, 3.63) is 143 Å². The van der Waals surface area contributed by atoms with Crippen molar-refractivity contribution in [1.29, 1.82) is 0 Å². The third-order valence-corrected chi connectivity index (χ3v) is 12.5. The van der Waals surface area contributed by atoms with Crippen LogP contribution in [0.2, 0.25) is 0 Å². The minimum absolute atomic E-state index is 0.0161. The van der Waals surface area contributed by atoms with Crippen LogP contribution >= 0.6 is 0 Å². The van der Waals surface area contributed by atoms with Crippen LogP contribution in [-0.4, -0.2) is 77.4 Å². The number of esters is 2. The lowest BCUT2D eigenvalue weighted by Crippen LogP contribution is -2.56. The zero-order chi connectivity index (χ0) is 44.4. The number of nitrogens with zero attached hydrogens (tertiary/aromatic N) is 2. The summed E-state index contributed by atoms with van der Waals surface area (Å²) in [6, 6.07) is 24.3. The number of urea groups is 1. The number of fused-ring (bicyclic) bond motifs is 3. The Morgan fingerprint density at radius 1 is 0.889 bits per heavy atom. The van der Waals surface area contributed by atoms with Crippen LogP contribution in [0.4, 0.5) is 10.5 Å². The number of ether oxygens (including phenoxy) is 3. The van der Waals surface area contributed by atoms with Crippen LogP contribution < -0.4 is 15.0 Å². The fourth-order valence-electron chi connectivity index (χ4n) is 9.80. The van der Waals surface area contributed by atoms with Crippen LogP contribution in [-0.2, 0) is 34.1 Å². The fraction of sp³-hybridized carbons (Fsp3) is 0.340. The second-order valence-electron chi connectivity index (χ2n) is 16.5. The van der Waals surface area contributed by atoms with Crippen molar-refractivity contribution in [1.82, 2.24) is 10.2 Å². The number of aliphatic carboxylic acids is 1. The quantitative estimate of drug-likeness (QED) is 0.117. The molecule has 1 aliphatic carbocycles. The Kier molecular flexibility index (Phi) is 12.2. The number of carboxylic acids is 1. The summed E-state index contributed by atoms with van der Waals surface area (Å²) in [7, 11) is 1.20. The summed E-state index contributed by atoms with van der Waals surface area (Å²) in [5, 5.41) is 23.8. The largest absolute Gasteiger partial charge is 0.491 e. The molecule has 3 aliphatic heterocycles. The number of hydrogen-bond acceptors (Lipinski definition) is 10. The predicted molar refractivity (Wildman–Crippen MR) is 231 cm³/mol. The van der Waals surface area contributed by atoms with E-state index in [1.165, 1.54) is 7.11 Å². The predicted octanol–water partition coefficient (Wildman–Crippen LogP) is 6.57. The molecule has 63 heavy (non-hydrogen) atoms. The second kappa shape index (κ2) is 17.9. The Hall–Kier alpha value is -6.75. The van der Waals surface area contributed by atoms with Crippen LogP contribution in [0.5, 0.6) is 5.75 Å². The van der Waals surface area contributed by atoms with Crippen LogP contribution in [0.3, 0.4) is 0 Å². The summed E-state index contributed by atoms with van der Waals surface area (Å²) in [6.45, 7) is 3.22. The van der Waals surface area contributed by atoms with Crippen molar-refractivity contribution >= 4 is 35.5 Å². The zero-order valence-corrected chi connectivity index (χ0v) is 35.2. The highest BCUT2D eigenvalue weighted by atomic mass is 16.6. The van der Waals surface area contributed by atoms with Crippen molar-refractivity contribution in [2.75, 3.05) is 25.2 Å². The molecule has 4 aromatic carbocycles. The molecule has 8 rings (SSSR count). The van der Waals surface area contributed by atoms with Crippen LogP contribution in [0.25, 0.3) is 0 Å². The van der Waals surface area contributed by atoms with E-state index in [1.54, 1.807) is 61.2 Å². The number of carbonyl (C=O) groups is 5. The number of methoxy groups -OCH3 is 1. The van der Waals surface area contributed by atoms with Gasteiger partial charge in [-0.15, -0.1) is 0 Å². The van der Waals surface area contributed by atoms with E-state index < -0.39 is 77.4 Å². The number of benzene rings is 4. The summed E-state index contributed by atoms with van der Waals surface area (Å²) >= 11 is 0. The van der Waals surface area contributed by atoms with Gasteiger partial charge in [-0.3, -0.25) is 19.3 Å². The summed E-state index contributed by atoms with van der Waals surface area (Å²) in [6.07, 6.45) is 4.94. The summed E-state index contributed by atoms with van der Waals surface area (Å²) in [5.41, 5.74) is 1.29. The SMILES string of the molecule is COC(=O)[C@@H](NC(=O)N1C(=O)[C@@]2(c3cc(C#CC4=CCCCC4)ccc31)[C@H](C(=O)O)[C@H]1C(=O)O[C@H](c3ccccc3)[C@H](c3ccccc3)N1[C@@H]2c1ccc(OCCO)cc1)C(C)C. The van der Waals surface area contributed by atoms with E-state index in [0.717, 1.165) is 36.2 Å². The molecule has 4 aliphatic rings. The molecule has 13 nitrogen and oxygen atoms in total. The molecular formula is C50H49N3O10. The molecule has 324 valence electrons. The van der Waals surface area contributed by atoms with Gasteiger partial charge in [0.05, 0.1) is 31.5 Å². The van der Waals surface area contributed by atoms with Gasteiger partial charge in [0.2, 0.25) is 5.91 Å². The zero-order valence-electron chi connectivity index (χ0n) is 35.2. The van der Waals surface area contributed by atoms with Crippen LogP contribution in [0.15, 0.2) is 115 Å². The van der Waals surface area contributed by atoms with Crippen molar-refractivity contribution < 1.29 is 48.4 Å². The number of hydrogen-bond donors (Lipinski definition) is 3. The van der Waals surface area contributed by atoms with Gasteiger partial charge in [0, 0.05) is 5.56 Å². The van der Waals surface area contributed by atoms with E-state index in [1.807, 2.05) is 60.7 Å². The van der Waals surface area contributed by atoms with Crippen molar-refractivity contribution in [3.63, 3.8) is 0 Å². The number of aliphatic hydroxyl groups is 1. The van der Waals surface area contributed by atoms with Crippen molar-refractivity contribution in [2.45, 2.75) is 75.2 Å². The molecule has 0 unspecified atom stereocenters. The molecule has 1 spiro atoms. The Labute approximate surface area is 365 Å². The van der Waals surface area contributed by atoms with Crippen molar-refractivity contribution in [3.8, 4) is 17.6 Å². The van der Waals surface area contributed by atoms with E-state index in [0.29, 0.717) is 28.0 Å². The molecule has 4 aromatic rings. The van der Waals surface area contributed by atoms with E-state index in [4.69, 9.17) is 14.2 Å². The van der Waals surface area contributed by atoms with Gasteiger partial charge in [0.15, 0.2) is 0 Å². The topological polar surface area (TPSA) is 172 Å². The van der Waals surface area contributed by atoms with Gasteiger partial charge in [0.1, 0.15) is 41.9 Å². The van der Waals surface area contributed by atoms with Gasteiger partial charge in [0.25, 0.3) is 0 Å². The average Bonchev–Trinajstić information content (AvgIpc) is 3.76.